The molecular formula is C10H11F3O2. The van der Waals surface area contributed by atoms with Crippen LogP contribution in [-0.4, -0.2) is 17.9 Å². The Bertz CT molecular complexity index is 321. The van der Waals surface area contributed by atoms with Crippen molar-refractivity contribution in [3.63, 3.8) is 0 Å². The summed E-state index contributed by atoms with van der Waals surface area (Å²) >= 11 is 0. The largest absolute Gasteiger partial charge is 0.484 e. The van der Waals surface area contributed by atoms with Gasteiger partial charge in [-0.15, -0.1) is 0 Å². The number of hydrogen-bond acceptors (Lipinski definition) is 2. The van der Waals surface area contributed by atoms with Crippen LogP contribution in [0.15, 0.2) is 24.3 Å². The third kappa shape index (κ3) is 4.20. The minimum Gasteiger partial charge on any atom is -0.484 e. The van der Waals surface area contributed by atoms with Crippen LogP contribution in [0, 0.1) is 0 Å². The molecular weight excluding hydrogens is 209 g/mol. The Morgan fingerprint density at radius 2 is 2.07 bits per heavy atom. The van der Waals surface area contributed by atoms with Crippen molar-refractivity contribution in [3.05, 3.63) is 29.8 Å². The molecule has 0 heterocycles. The molecule has 0 spiro atoms. The fraction of sp³-hybridized carbons (Fsp3) is 0.400. The van der Waals surface area contributed by atoms with Crippen LogP contribution < -0.4 is 4.74 Å². The highest BCUT2D eigenvalue weighted by Crippen LogP contribution is 2.21. The van der Waals surface area contributed by atoms with E-state index in [-0.39, 0.29) is 5.75 Å². The predicted octanol–water partition coefficient (Wildman–Crippen LogP) is 2.68. The SMILES string of the molecule is CC(O)c1cccc(OCC(F)(F)F)c1. The molecule has 0 radical (unpaired) electrons. The lowest BCUT2D eigenvalue weighted by atomic mass is 10.1. The van der Waals surface area contributed by atoms with Gasteiger partial charge in [0, 0.05) is 0 Å². The number of alkyl halides is 3. The predicted molar refractivity (Wildman–Crippen MR) is 48.6 cm³/mol. The number of aliphatic hydroxyl groups excluding tert-OH is 1. The molecule has 1 atom stereocenters. The van der Waals surface area contributed by atoms with E-state index >= 15 is 0 Å². The zero-order valence-corrected chi connectivity index (χ0v) is 8.08. The first-order valence-corrected chi connectivity index (χ1v) is 4.36. The first-order valence-electron chi connectivity index (χ1n) is 4.36. The highest BCUT2D eigenvalue weighted by molar-refractivity contribution is 5.29. The van der Waals surface area contributed by atoms with Gasteiger partial charge in [0.05, 0.1) is 6.10 Å². The fourth-order valence-electron chi connectivity index (χ4n) is 1.03. The monoisotopic (exact) mass is 220 g/mol. The first-order chi connectivity index (χ1) is 6.88. The van der Waals surface area contributed by atoms with Gasteiger partial charge in [0.1, 0.15) is 5.75 Å². The summed E-state index contributed by atoms with van der Waals surface area (Å²) in [5.74, 6) is 0.103. The molecule has 1 N–H and O–H groups in total. The third-order valence-electron chi connectivity index (χ3n) is 1.74. The summed E-state index contributed by atoms with van der Waals surface area (Å²) in [4.78, 5) is 0. The quantitative estimate of drug-likeness (QED) is 0.848. The van der Waals surface area contributed by atoms with E-state index in [1.165, 1.54) is 25.1 Å². The molecule has 0 aliphatic heterocycles. The van der Waals surface area contributed by atoms with Gasteiger partial charge in [0.15, 0.2) is 6.61 Å². The van der Waals surface area contributed by atoms with Gasteiger partial charge in [-0.05, 0) is 24.6 Å². The molecule has 0 fully saturated rings. The zero-order valence-electron chi connectivity index (χ0n) is 8.08. The van der Waals surface area contributed by atoms with Crippen LogP contribution in [0.4, 0.5) is 13.2 Å². The molecule has 0 aliphatic rings. The minimum absolute atomic E-state index is 0.103. The van der Waals surface area contributed by atoms with E-state index in [1.807, 2.05) is 0 Å². The molecule has 15 heavy (non-hydrogen) atoms. The molecule has 0 saturated carbocycles. The second-order valence-electron chi connectivity index (χ2n) is 3.15. The minimum atomic E-state index is -4.35. The number of hydrogen-bond donors (Lipinski definition) is 1. The summed E-state index contributed by atoms with van der Waals surface area (Å²) in [5, 5.41) is 9.20. The third-order valence-corrected chi connectivity index (χ3v) is 1.74. The maximum atomic E-state index is 11.8. The van der Waals surface area contributed by atoms with Crippen molar-refractivity contribution in [2.75, 3.05) is 6.61 Å². The Balaban J connectivity index is 2.66. The van der Waals surface area contributed by atoms with Crippen LogP contribution in [0.3, 0.4) is 0 Å². The summed E-state index contributed by atoms with van der Waals surface area (Å²) in [6.45, 7) is 0.207. The maximum Gasteiger partial charge on any atom is 0.422 e. The van der Waals surface area contributed by atoms with Gasteiger partial charge in [-0.3, -0.25) is 0 Å². The second-order valence-corrected chi connectivity index (χ2v) is 3.15. The van der Waals surface area contributed by atoms with Crippen LogP contribution in [-0.2, 0) is 0 Å². The van der Waals surface area contributed by atoms with Gasteiger partial charge in [-0.1, -0.05) is 12.1 Å². The fourth-order valence-corrected chi connectivity index (χ4v) is 1.03. The second kappa shape index (κ2) is 4.53. The summed E-state index contributed by atoms with van der Waals surface area (Å²) in [6, 6.07) is 5.95. The number of aliphatic hydroxyl groups is 1. The normalized spacial score (nSPS) is 13.7. The molecule has 0 amide bonds. The molecule has 2 nitrogen and oxygen atoms in total. The molecule has 5 heteroatoms. The Morgan fingerprint density at radius 1 is 1.40 bits per heavy atom. The van der Waals surface area contributed by atoms with Crippen LogP contribution in [0.25, 0.3) is 0 Å². The van der Waals surface area contributed by atoms with E-state index in [1.54, 1.807) is 6.07 Å². The molecule has 1 unspecified atom stereocenters. The molecule has 1 rings (SSSR count). The zero-order chi connectivity index (χ0) is 11.5. The van der Waals surface area contributed by atoms with E-state index < -0.39 is 18.9 Å². The van der Waals surface area contributed by atoms with Crippen LogP contribution >= 0.6 is 0 Å². The smallest absolute Gasteiger partial charge is 0.422 e. The first kappa shape index (κ1) is 11.8. The van der Waals surface area contributed by atoms with Crippen molar-refractivity contribution < 1.29 is 23.0 Å². The highest BCUT2D eigenvalue weighted by Gasteiger charge is 2.28. The Morgan fingerprint density at radius 3 is 2.60 bits per heavy atom. The van der Waals surface area contributed by atoms with Gasteiger partial charge in [0.25, 0.3) is 0 Å². The van der Waals surface area contributed by atoms with E-state index in [0.717, 1.165) is 0 Å². The van der Waals surface area contributed by atoms with Crippen LogP contribution in [0.5, 0.6) is 5.75 Å². The summed E-state index contributed by atoms with van der Waals surface area (Å²) in [7, 11) is 0. The lowest BCUT2D eigenvalue weighted by molar-refractivity contribution is -0.153. The number of ether oxygens (including phenoxy) is 1. The van der Waals surface area contributed by atoms with Gasteiger partial charge < -0.3 is 9.84 Å². The van der Waals surface area contributed by atoms with Gasteiger partial charge >= 0.3 is 6.18 Å². The molecule has 0 aromatic heterocycles. The van der Waals surface area contributed by atoms with Gasteiger partial charge in [-0.25, -0.2) is 0 Å². The van der Waals surface area contributed by atoms with Crippen molar-refractivity contribution >= 4 is 0 Å². The molecule has 0 saturated heterocycles. The van der Waals surface area contributed by atoms with Crippen LogP contribution in [0.1, 0.15) is 18.6 Å². The van der Waals surface area contributed by atoms with Crippen molar-refractivity contribution in [3.8, 4) is 5.75 Å². The molecule has 0 bridgehead atoms. The highest BCUT2D eigenvalue weighted by atomic mass is 19.4. The molecule has 1 aromatic rings. The average molecular weight is 220 g/mol. The lowest BCUT2D eigenvalue weighted by Crippen LogP contribution is -2.19. The van der Waals surface area contributed by atoms with Crippen molar-refractivity contribution in [2.24, 2.45) is 0 Å². The van der Waals surface area contributed by atoms with Crippen LogP contribution in [0.2, 0.25) is 0 Å². The summed E-state index contributed by atoms with van der Waals surface area (Å²) in [6.07, 6.45) is -5.07. The topological polar surface area (TPSA) is 29.5 Å². The van der Waals surface area contributed by atoms with Gasteiger partial charge in [0.2, 0.25) is 0 Å². The Hall–Kier alpha value is -1.23. The Kier molecular flexibility index (Phi) is 3.57. The lowest BCUT2D eigenvalue weighted by Gasteiger charge is -2.11. The van der Waals surface area contributed by atoms with E-state index in [4.69, 9.17) is 0 Å². The summed E-state index contributed by atoms with van der Waals surface area (Å²) in [5.41, 5.74) is 0.523. The molecule has 84 valence electrons. The Labute approximate surface area is 85.3 Å². The maximum absolute atomic E-state index is 11.8. The van der Waals surface area contributed by atoms with Crippen molar-refractivity contribution in [1.82, 2.24) is 0 Å². The van der Waals surface area contributed by atoms with E-state index in [0.29, 0.717) is 5.56 Å². The number of benzene rings is 1. The molecule has 1 aromatic carbocycles. The van der Waals surface area contributed by atoms with E-state index in [9.17, 15) is 18.3 Å². The van der Waals surface area contributed by atoms with Crippen molar-refractivity contribution in [1.29, 1.82) is 0 Å². The molecule has 0 aliphatic carbocycles. The van der Waals surface area contributed by atoms with Crippen molar-refractivity contribution in [2.45, 2.75) is 19.2 Å². The van der Waals surface area contributed by atoms with Gasteiger partial charge in [-0.2, -0.15) is 13.2 Å². The summed E-state index contributed by atoms with van der Waals surface area (Å²) < 4.78 is 40.0. The standard InChI is InChI=1S/C10H11F3O2/c1-7(14)8-3-2-4-9(5-8)15-6-10(11,12)13/h2-5,7,14H,6H2,1H3. The van der Waals surface area contributed by atoms with E-state index in [2.05, 4.69) is 4.74 Å². The number of halogens is 3. The average Bonchev–Trinajstić information content (AvgIpc) is 2.14. The number of rotatable bonds is 3.